The van der Waals surface area contributed by atoms with Gasteiger partial charge in [-0.2, -0.15) is 5.10 Å². The van der Waals surface area contributed by atoms with Gasteiger partial charge in [0.25, 0.3) is 0 Å². The Morgan fingerprint density at radius 3 is 3.16 bits per heavy atom. The zero-order valence-corrected chi connectivity index (χ0v) is 14.3. The van der Waals surface area contributed by atoms with E-state index < -0.39 is 0 Å². The normalized spacial score (nSPS) is 25.6. The lowest BCUT2D eigenvalue weighted by Gasteiger charge is -2.26. The summed E-state index contributed by atoms with van der Waals surface area (Å²) in [6, 6.07) is -0.0111. The summed E-state index contributed by atoms with van der Waals surface area (Å²) < 4.78 is 5.64. The van der Waals surface area contributed by atoms with Crippen molar-refractivity contribution in [1.82, 2.24) is 20.0 Å². The van der Waals surface area contributed by atoms with E-state index in [1.54, 1.807) is 23.6 Å². The Morgan fingerprint density at radius 2 is 2.36 bits per heavy atom. The number of amides is 2. The predicted molar refractivity (Wildman–Crippen MR) is 94.1 cm³/mol. The number of H-pyrrole nitrogens is 1. The van der Waals surface area contributed by atoms with E-state index >= 15 is 0 Å². The van der Waals surface area contributed by atoms with Gasteiger partial charge in [-0.05, 0) is 29.9 Å². The Bertz CT molecular complexity index is 760. The van der Waals surface area contributed by atoms with Crippen LogP contribution in [0.5, 0.6) is 0 Å². The zero-order valence-electron chi connectivity index (χ0n) is 14.3. The van der Waals surface area contributed by atoms with Crippen molar-refractivity contribution in [1.29, 1.82) is 0 Å². The molecule has 3 aliphatic rings. The predicted octanol–water partition coefficient (Wildman–Crippen LogP) is 3.49. The van der Waals surface area contributed by atoms with Crippen molar-refractivity contribution in [2.75, 3.05) is 13.1 Å². The summed E-state index contributed by atoms with van der Waals surface area (Å²) in [6.07, 6.45) is 17.0. The van der Waals surface area contributed by atoms with Gasteiger partial charge in [0.05, 0.1) is 12.4 Å². The molecule has 130 valence electrons. The number of rotatable bonds is 2. The highest BCUT2D eigenvalue weighted by molar-refractivity contribution is 5.77. The summed E-state index contributed by atoms with van der Waals surface area (Å²) in [5.41, 5.74) is 2.28. The fourth-order valence-electron chi connectivity index (χ4n) is 3.53. The monoisotopic (exact) mass is 338 g/mol. The van der Waals surface area contributed by atoms with Crippen LogP contribution in [0.25, 0.3) is 0 Å². The molecule has 1 aromatic rings. The minimum atomic E-state index is -0.0111. The van der Waals surface area contributed by atoms with Crippen LogP contribution in [0.1, 0.15) is 31.2 Å². The Kier molecular flexibility index (Phi) is 4.17. The number of carbonyl (C=O) groups is 1. The SMILES string of the molecule is CC1C=CC=C(C2=CN(C(=O)N3CCC(c4cn[nH]c4)C3)C=CO2)C1. The minimum Gasteiger partial charge on any atom is -0.462 e. The second kappa shape index (κ2) is 6.63. The molecule has 1 aromatic heterocycles. The largest absolute Gasteiger partial charge is 0.462 e. The van der Waals surface area contributed by atoms with Crippen LogP contribution in [0.3, 0.4) is 0 Å². The highest BCUT2D eigenvalue weighted by Gasteiger charge is 2.30. The van der Waals surface area contributed by atoms with E-state index in [1.807, 2.05) is 23.4 Å². The Labute approximate surface area is 147 Å². The maximum absolute atomic E-state index is 12.9. The molecule has 1 aliphatic carbocycles. The first-order chi connectivity index (χ1) is 12.2. The molecule has 0 radical (unpaired) electrons. The Hall–Kier alpha value is -2.76. The molecule has 0 bridgehead atoms. The molecule has 2 unspecified atom stereocenters. The van der Waals surface area contributed by atoms with Crippen molar-refractivity contribution in [3.8, 4) is 0 Å². The molecule has 0 spiro atoms. The fourth-order valence-corrected chi connectivity index (χ4v) is 3.53. The first-order valence-corrected chi connectivity index (χ1v) is 8.69. The smallest absolute Gasteiger partial charge is 0.328 e. The number of allylic oxidation sites excluding steroid dienone is 4. The fraction of sp³-hybridized carbons (Fsp3) is 0.368. The van der Waals surface area contributed by atoms with E-state index in [0.29, 0.717) is 11.8 Å². The number of nitrogens with zero attached hydrogens (tertiary/aromatic N) is 3. The van der Waals surface area contributed by atoms with Crippen molar-refractivity contribution < 1.29 is 9.53 Å². The molecule has 1 saturated heterocycles. The second-order valence-corrected chi connectivity index (χ2v) is 6.81. The van der Waals surface area contributed by atoms with Gasteiger partial charge in [-0.3, -0.25) is 10.00 Å². The van der Waals surface area contributed by atoms with Crippen molar-refractivity contribution in [2.45, 2.75) is 25.7 Å². The Balaban J connectivity index is 1.45. The molecule has 1 fully saturated rings. The van der Waals surface area contributed by atoms with Crippen LogP contribution in [0.2, 0.25) is 0 Å². The van der Waals surface area contributed by atoms with Gasteiger partial charge in [0, 0.05) is 31.4 Å². The average molecular weight is 338 g/mol. The summed E-state index contributed by atoms with van der Waals surface area (Å²) >= 11 is 0. The highest BCUT2D eigenvalue weighted by atomic mass is 16.5. The van der Waals surface area contributed by atoms with E-state index in [4.69, 9.17) is 4.74 Å². The third-order valence-corrected chi connectivity index (χ3v) is 4.94. The number of carbonyl (C=O) groups excluding carboxylic acids is 1. The molecule has 4 rings (SSSR count). The topological polar surface area (TPSA) is 61.5 Å². The number of ether oxygens (including phenoxy) is 1. The van der Waals surface area contributed by atoms with Gasteiger partial charge in [-0.25, -0.2) is 4.79 Å². The maximum Gasteiger partial charge on any atom is 0.328 e. The molecule has 2 atom stereocenters. The summed E-state index contributed by atoms with van der Waals surface area (Å²) in [5, 5.41) is 6.85. The summed E-state index contributed by atoms with van der Waals surface area (Å²) in [6.45, 7) is 3.65. The number of hydrogen-bond acceptors (Lipinski definition) is 3. The molecule has 2 aliphatic heterocycles. The molecule has 6 heteroatoms. The number of aromatic amines is 1. The molecule has 6 nitrogen and oxygen atoms in total. The quantitative estimate of drug-likeness (QED) is 0.898. The van der Waals surface area contributed by atoms with Crippen molar-refractivity contribution >= 4 is 6.03 Å². The zero-order chi connectivity index (χ0) is 17.2. The lowest BCUT2D eigenvalue weighted by Crippen LogP contribution is -2.37. The van der Waals surface area contributed by atoms with Crippen LogP contribution in [0.15, 0.2) is 60.6 Å². The summed E-state index contributed by atoms with van der Waals surface area (Å²) in [7, 11) is 0. The molecule has 0 saturated carbocycles. The van der Waals surface area contributed by atoms with E-state index in [9.17, 15) is 4.79 Å². The summed E-state index contributed by atoms with van der Waals surface area (Å²) in [4.78, 5) is 16.4. The number of hydrogen-bond donors (Lipinski definition) is 1. The van der Waals surface area contributed by atoms with Gasteiger partial charge < -0.3 is 9.64 Å². The molecular formula is C19H22N4O2. The van der Waals surface area contributed by atoms with Gasteiger partial charge in [0.15, 0.2) is 0 Å². The van der Waals surface area contributed by atoms with E-state index in [-0.39, 0.29) is 6.03 Å². The number of likely N-dealkylation sites (tertiary alicyclic amines) is 1. The lowest BCUT2D eigenvalue weighted by molar-refractivity contribution is 0.185. The number of aromatic nitrogens is 2. The molecule has 1 N–H and O–H groups in total. The second-order valence-electron chi connectivity index (χ2n) is 6.81. The van der Waals surface area contributed by atoms with Crippen LogP contribution in [-0.4, -0.2) is 39.1 Å². The third kappa shape index (κ3) is 3.24. The van der Waals surface area contributed by atoms with Crippen LogP contribution in [0, 0.1) is 5.92 Å². The van der Waals surface area contributed by atoms with E-state index in [2.05, 4.69) is 29.3 Å². The van der Waals surface area contributed by atoms with E-state index in [1.165, 1.54) is 0 Å². The Morgan fingerprint density at radius 1 is 1.44 bits per heavy atom. The standard InChI is InChI=1S/C19H22N4O2/c1-14-3-2-4-15(9-14)18-13-23(7-8-25-18)19(24)22-6-5-16(12-22)17-10-20-21-11-17/h2-4,7-8,10-11,13-14,16H,5-6,9,12H2,1H3,(H,20,21). The summed E-state index contributed by atoms with van der Waals surface area (Å²) in [5.74, 6) is 1.58. The van der Waals surface area contributed by atoms with Crippen LogP contribution >= 0.6 is 0 Å². The molecular weight excluding hydrogens is 316 g/mol. The maximum atomic E-state index is 12.9. The number of urea groups is 1. The van der Waals surface area contributed by atoms with Gasteiger partial charge in [0.2, 0.25) is 0 Å². The van der Waals surface area contributed by atoms with Crippen LogP contribution in [-0.2, 0) is 4.74 Å². The molecule has 2 amide bonds. The average Bonchev–Trinajstić information content (AvgIpc) is 3.32. The number of nitrogens with one attached hydrogen (secondary N) is 1. The lowest BCUT2D eigenvalue weighted by atomic mass is 9.95. The van der Waals surface area contributed by atoms with Crippen molar-refractivity contribution in [3.05, 3.63) is 66.2 Å². The van der Waals surface area contributed by atoms with Crippen LogP contribution < -0.4 is 0 Å². The molecule has 0 aromatic carbocycles. The third-order valence-electron chi connectivity index (χ3n) is 4.94. The minimum absolute atomic E-state index is 0.0111. The van der Waals surface area contributed by atoms with Gasteiger partial charge in [-0.1, -0.05) is 25.2 Å². The van der Waals surface area contributed by atoms with E-state index in [0.717, 1.165) is 42.8 Å². The van der Waals surface area contributed by atoms with Gasteiger partial charge in [0.1, 0.15) is 12.0 Å². The van der Waals surface area contributed by atoms with Crippen molar-refractivity contribution in [2.24, 2.45) is 5.92 Å². The van der Waals surface area contributed by atoms with Gasteiger partial charge in [-0.15, -0.1) is 0 Å². The molecule has 25 heavy (non-hydrogen) atoms. The first-order valence-electron chi connectivity index (χ1n) is 8.69. The first kappa shape index (κ1) is 15.7. The highest BCUT2D eigenvalue weighted by Crippen LogP contribution is 2.30. The van der Waals surface area contributed by atoms with Crippen molar-refractivity contribution in [3.63, 3.8) is 0 Å². The molecule has 3 heterocycles. The van der Waals surface area contributed by atoms with Gasteiger partial charge >= 0.3 is 6.03 Å². The van der Waals surface area contributed by atoms with Crippen LogP contribution in [0.4, 0.5) is 4.79 Å².